The van der Waals surface area contributed by atoms with E-state index in [9.17, 15) is 4.79 Å². The van der Waals surface area contributed by atoms with Crippen molar-refractivity contribution in [1.29, 1.82) is 0 Å². The monoisotopic (exact) mass is 126 g/mol. The van der Waals surface area contributed by atoms with Crippen molar-refractivity contribution in [2.75, 3.05) is 7.11 Å². The van der Waals surface area contributed by atoms with Crippen molar-refractivity contribution < 1.29 is 9.53 Å². The maximum Gasteiger partial charge on any atom is 0.157 e. The Morgan fingerprint density at radius 1 is 1.78 bits per heavy atom. The second-order valence-electron chi connectivity index (χ2n) is 2.17. The highest BCUT2D eigenvalue weighted by molar-refractivity contribution is 5.90. The molecule has 0 saturated carbocycles. The van der Waals surface area contributed by atoms with Crippen molar-refractivity contribution >= 4 is 5.78 Å². The molecule has 0 spiro atoms. The zero-order valence-corrected chi connectivity index (χ0v) is 5.46. The summed E-state index contributed by atoms with van der Waals surface area (Å²) in [6, 6.07) is 0. The van der Waals surface area contributed by atoms with Crippen LogP contribution in [0.4, 0.5) is 0 Å². The lowest BCUT2D eigenvalue weighted by molar-refractivity contribution is -0.117. The first-order valence-corrected chi connectivity index (χ1v) is 3.05. The predicted molar refractivity (Wildman–Crippen MR) is 34.2 cm³/mol. The average molecular weight is 126 g/mol. The molecule has 1 aliphatic carbocycles. The Morgan fingerprint density at radius 2 is 2.56 bits per heavy atom. The maximum absolute atomic E-state index is 10.7. The smallest absolute Gasteiger partial charge is 0.157 e. The Labute approximate surface area is 54.5 Å². The van der Waals surface area contributed by atoms with Crippen molar-refractivity contribution in [2.45, 2.75) is 18.9 Å². The lowest BCUT2D eigenvalue weighted by atomic mass is 10.0. The third-order valence-corrected chi connectivity index (χ3v) is 1.46. The van der Waals surface area contributed by atoms with E-state index in [-0.39, 0.29) is 11.9 Å². The minimum atomic E-state index is 0.127. The highest BCUT2D eigenvalue weighted by atomic mass is 16.5. The molecule has 50 valence electrons. The zero-order chi connectivity index (χ0) is 6.69. The fraction of sp³-hybridized carbons (Fsp3) is 0.571. The predicted octanol–water partition coefficient (Wildman–Crippen LogP) is 0.920. The molecule has 2 nitrogen and oxygen atoms in total. The summed E-state index contributed by atoms with van der Waals surface area (Å²) < 4.78 is 4.99. The number of rotatable bonds is 1. The van der Waals surface area contributed by atoms with Crippen molar-refractivity contribution in [3.05, 3.63) is 12.2 Å². The molecule has 0 aromatic heterocycles. The van der Waals surface area contributed by atoms with Crippen LogP contribution >= 0.6 is 0 Å². The quantitative estimate of drug-likeness (QED) is 0.522. The van der Waals surface area contributed by atoms with Crippen LogP contribution in [0.1, 0.15) is 12.8 Å². The van der Waals surface area contributed by atoms with E-state index in [1.165, 1.54) is 0 Å². The van der Waals surface area contributed by atoms with E-state index in [4.69, 9.17) is 4.74 Å². The van der Waals surface area contributed by atoms with Gasteiger partial charge in [0.05, 0.1) is 6.10 Å². The molecule has 0 aliphatic heterocycles. The molecule has 0 aromatic rings. The number of ketones is 1. The molecule has 2 heteroatoms. The summed E-state index contributed by atoms with van der Waals surface area (Å²) in [5.74, 6) is 0.174. The largest absolute Gasteiger partial charge is 0.381 e. The molecule has 0 amide bonds. The van der Waals surface area contributed by atoms with Gasteiger partial charge in [0.2, 0.25) is 0 Å². The van der Waals surface area contributed by atoms with Crippen LogP contribution in [-0.4, -0.2) is 19.0 Å². The summed E-state index contributed by atoms with van der Waals surface area (Å²) >= 11 is 0. The highest BCUT2D eigenvalue weighted by Crippen LogP contribution is 2.09. The van der Waals surface area contributed by atoms with Gasteiger partial charge in [0.1, 0.15) is 0 Å². The lowest BCUT2D eigenvalue weighted by Crippen LogP contribution is -2.17. The van der Waals surface area contributed by atoms with Crippen LogP contribution in [0.2, 0.25) is 0 Å². The number of methoxy groups -OCH3 is 1. The molecular weight excluding hydrogens is 116 g/mol. The molecule has 0 unspecified atom stereocenters. The molecule has 0 fully saturated rings. The van der Waals surface area contributed by atoms with Gasteiger partial charge in [0, 0.05) is 13.5 Å². The number of hydrogen-bond acceptors (Lipinski definition) is 2. The zero-order valence-electron chi connectivity index (χ0n) is 5.46. The number of ether oxygens (including phenoxy) is 1. The van der Waals surface area contributed by atoms with Crippen LogP contribution in [-0.2, 0) is 9.53 Å². The number of allylic oxidation sites excluding steroid dienone is 1. The summed E-state index contributed by atoms with van der Waals surface area (Å²) in [5.41, 5.74) is 0. The number of carbonyl (C=O) groups is 1. The van der Waals surface area contributed by atoms with E-state index in [2.05, 4.69) is 0 Å². The average Bonchev–Trinajstić information content (AvgIpc) is 1.88. The van der Waals surface area contributed by atoms with E-state index in [1.807, 2.05) is 6.08 Å². The molecule has 1 aliphatic rings. The highest BCUT2D eigenvalue weighted by Gasteiger charge is 2.13. The first-order chi connectivity index (χ1) is 4.33. The molecular formula is C7H10O2. The third kappa shape index (κ3) is 1.64. The lowest BCUT2D eigenvalue weighted by Gasteiger charge is -2.13. The summed E-state index contributed by atoms with van der Waals surface area (Å²) in [6.45, 7) is 0. The molecule has 1 rings (SSSR count). The van der Waals surface area contributed by atoms with Gasteiger partial charge in [0.25, 0.3) is 0 Å². The van der Waals surface area contributed by atoms with Crippen LogP contribution in [0.25, 0.3) is 0 Å². The Balaban J connectivity index is 2.47. The van der Waals surface area contributed by atoms with Gasteiger partial charge >= 0.3 is 0 Å². The summed E-state index contributed by atoms with van der Waals surface area (Å²) in [5, 5.41) is 0. The second-order valence-corrected chi connectivity index (χ2v) is 2.17. The van der Waals surface area contributed by atoms with Gasteiger partial charge in [-0.15, -0.1) is 0 Å². The van der Waals surface area contributed by atoms with Gasteiger partial charge in [0.15, 0.2) is 5.78 Å². The summed E-state index contributed by atoms with van der Waals surface area (Å²) in [6.07, 6.45) is 5.03. The fourth-order valence-electron chi connectivity index (χ4n) is 0.907. The minimum absolute atomic E-state index is 0.127. The maximum atomic E-state index is 10.7. The standard InChI is InChI=1S/C7H10O2/c1-9-7-4-2-3-6(8)5-7/h2-3,7H,4-5H2,1H3/t7-/m0/s1. The number of carbonyl (C=O) groups excluding carboxylic acids is 1. The van der Waals surface area contributed by atoms with E-state index >= 15 is 0 Å². The SMILES string of the molecule is CO[C@H]1CC=CC(=O)C1. The first-order valence-electron chi connectivity index (χ1n) is 3.05. The van der Waals surface area contributed by atoms with Gasteiger partial charge in [-0.2, -0.15) is 0 Å². The summed E-state index contributed by atoms with van der Waals surface area (Å²) in [4.78, 5) is 10.7. The van der Waals surface area contributed by atoms with Crippen molar-refractivity contribution in [3.63, 3.8) is 0 Å². The van der Waals surface area contributed by atoms with E-state index in [0.29, 0.717) is 6.42 Å². The van der Waals surface area contributed by atoms with Gasteiger partial charge in [-0.25, -0.2) is 0 Å². The molecule has 0 N–H and O–H groups in total. The minimum Gasteiger partial charge on any atom is -0.381 e. The van der Waals surface area contributed by atoms with Gasteiger partial charge in [-0.05, 0) is 12.5 Å². The molecule has 1 atom stereocenters. The van der Waals surface area contributed by atoms with Gasteiger partial charge < -0.3 is 4.74 Å². The van der Waals surface area contributed by atoms with Crippen molar-refractivity contribution in [3.8, 4) is 0 Å². The van der Waals surface area contributed by atoms with Crippen LogP contribution in [0.5, 0.6) is 0 Å². The van der Waals surface area contributed by atoms with Crippen molar-refractivity contribution in [1.82, 2.24) is 0 Å². The van der Waals surface area contributed by atoms with Crippen LogP contribution in [0.3, 0.4) is 0 Å². The Hall–Kier alpha value is -0.630. The summed E-state index contributed by atoms with van der Waals surface area (Å²) in [7, 11) is 1.64. The molecule has 9 heavy (non-hydrogen) atoms. The molecule has 0 aromatic carbocycles. The third-order valence-electron chi connectivity index (χ3n) is 1.46. The molecule has 0 heterocycles. The Morgan fingerprint density at radius 3 is 3.00 bits per heavy atom. The van der Waals surface area contributed by atoms with Gasteiger partial charge in [-0.1, -0.05) is 6.08 Å². The van der Waals surface area contributed by atoms with E-state index in [1.54, 1.807) is 13.2 Å². The van der Waals surface area contributed by atoms with Crippen LogP contribution in [0.15, 0.2) is 12.2 Å². The topological polar surface area (TPSA) is 26.3 Å². The van der Waals surface area contributed by atoms with E-state index < -0.39 is 0 Å². The molecule has 0 saturated heterocycles. The Kier molecular flexibility index (Phi) is 2.01. The number of hydrogen-bond donors (Lipinski definition) is 0. The molecule has 0 radical (unpaired) electrons. The Bertz CT molecular complexity index is 138. The molecule has 0 bridgehead atoms. The van der Waals surface area contributed by atoms with Gasteiger partial charge in [-0.3, -0.25) is 4.79 Å². The second kappa shape index (κ2) is 2.78. The van der Waals surface area contributed by atoms with Crippen LogP contribution < -0.4 is 0 Å². The van der Waals surface area contributed by atoms with E-state index in [0.717, 1.165) is 6.42 Å². The van der Waals surface area contributed by atoms with Crippen LogP contribution in [0, 0.1) is 0 Å². The first kappa shape index (κ1) is 6.49. The fourth-order valence-corrected chi connectivity index (χ4v) is 0.907. The normalized spacial score (nSPS) is 26.8. The van der Waals surface area contributed by atoms with Crippen molar-refractivity contribution in [2.24, 2.45) is 0 Å².